The number of carbonyl (C=O) groups excluding carboxylic acids is 1. The second-order valence-corrected chi connectivity index (χ2v) is 8.28. The third-order valence-corrected chi connectivity index (χ3v) is 5.86. The van der Waals surface area contributed by atoms with E-state index >= 15 is 0 Å². The van der Waals surface area contributed by atoms with Crippen LogP contribution in [0.1, 0.15) is 41.5 Å². The number of carbonyl (C=O) groups is 1. The maximum atomic E-state index is 13.0. The van der Waals surface area contributed by atoms with Crippen molar-refractivity contribution < 1.29 is 23.0 Å². The third kappa shape index (κ3) is 3.00. The van der Waals surface area contributed by atoms with E-state index in [0.29, 0.717) is 17.8 Å². The molecular formula is C20H20F2N4O3. The molecule has 3 aliphatic rings. The van der Waals surface area contributed by atoms with Crippen LogP contribution in [0.5, 0.6) is 5.75 Å². The van der Waals surface area contributed by atoms with Crippen LogP contribution in [0.25, 0.3) is 5.65 Å². The van der Waals surface area contributed by atoms with Gasteiger partial charge in [-0.3, -0.25) is 9.48 Å². The first-order valence-corrected chi connectivity index (χ1v) is 9.39. The van der Waals surface area contributed by atoms with Crippen molar-refractivity contribution >= 4 is 11.4 Å². The maximum absolute atomic E-state index is 13.0. The Morgan fingerprint density at radius 3 is 2.79 bits per heavy atom. The predicted molar refractivity (Wildman–Crippen MR) is 98.3 cm³/mol. The van der Waals surface area contributed by atoms with Gasteiger partial charge >= 0.3 is 6.61 Å². The molecule has 3 fully saturated rings. The van der Waals surface area contributed by atoms with Crippen LogP contribution < -0.4 is 4.74 Å². The molecule has 2 bridgehead atoms. The summed E-state index contributed by atoms with van der Waals surface area (Å²) in [4.78, 5) is 17.2. The van der Waals surface area contributed by atoms with Crippen molar-refractivity contribution in [2.75, 3.05) is 6.61 Å². The Hall–Kier alpha value is -2.81. The number of pyridine rings is 1. The predicted octanol–water partition coefficient (Wildman–Crippen LogP) is 2.92. The molecule has 0 aromatic carbocycles. The van der Waals surface area contributed by atoms with Gasteiger partial charge in [0.1, 0.15) is 17.1 Å². The topological polar surface area (TPSA) is 70.7 Å². The number of ketones is 1. The van der Waals surface area contributed by atoms with Gasteiger partial charge in [-0.2, -0.15) is 13.9 Å². The SMILES string of the molecule is Cn1ccc(C(=O)Cc2cn3cc(C45COC(C)(C4)C5)nc3cc2OC(F)F)n1. The first-order valence-electron chi connectivity index (χ1n) is 9.39. The first kappa shape index (κ1) is 18.2. The summed E-state index contributed by atoms with van der Waals surface area (Å²) >= 11 is 0. The number of aromatic nitrogens is 4. The lowest BCUT2D eigenvalue weighted by Crippen LogP contribution is -2.45. The Kier molecular flexibility index (Phi) is 3.83. The van der Waals surface area contributed by atoms with E-state index in [1.807, 2.05) is 6.20 Å². The van der Waals surface area contributed by atoms with Gasteiger partial charge in [0.15, 0.2) is 5.78 Å². The average molecular weight is 402 g/mol. The van der Waals surface area contributed by atoms with Gasteiger partial charge in [0.2, 0.25) is 0 Å². The van der Waals surface area contributed by atoms with Crippen LogP contribution >= 0.6 is 0 Å². The zero-order valence-corrected chi connectivity index (χ0v) is 16.1. The van der Waals surface area contributed by atoms with E-state index in [0.717, 1.165) is 18.5 Å². The molecule has 0 atom stereocenters. The molecule has 7 nitrogen and oxygen atoms in total. The summed E-state index contributed by atoms with van der Waals surface area (Å²) in [7, 11) is 1.71. The Labute approximate surface area is 165 Å². The lowest BCUT2D eigenvalue weighted by Gasteiger charge is -2.41. The van der Waals surface area contributed by atoms with E-state index in [9.17, 15) is 13.6 Å². The first-order chi connectivity index (χ1) is 13.8. The molecule has 29 heavy (non-hydrogen) atoms. The van der Waals surface area contributed by atoms with Crippen LogP contribution in [0.2, 0.25) is 0 Å². The molecule has 2 aliphatic heterocycles. The van der Waals surface area contributed by atoms with Crippen LogP contribution in [0.15, 0.2) is 30.7 Å². The highest BCUT2D eigenvalue weighted by atomic mass is 19.3. The number of hydrogen-bond acceptors (Lipinski definition) is 5. The summed E-state index contributed by atoms with van der Waals surface area (Å²) in [5.74, 6) is -0.325. The summed E-state index contributed by atoms with van der Waals surface area (Å²) in [6.07, 6.45) is 6.88. The standard InChI is InChI=1S/C20H20F2N4O3/c1-19-9-20(10-19,11-28-19)16-8-26-7-12(5-14(27)13-3-4-25(2)24-13)15(29-18(21)22)6-17(26)23-16/h3-4,6-8,18H,5,9-11H2,1-2H3. The smallest absolute Gasteiger partial charge is 0.387 e. The number of nitrogens with zero attached hydrogens (tertiary/aromatic N) is 4. The van der Waals surface area contributed by atoms with Crippen molar-refractivity contribution in [3.05, 3.63) is 47.7 Å². The third-order valence-electron chi connectivity index (χ3n) is 5.86. The van der Waals surface area contributed by atoms with Crippen molar-refractivity contribution in [1.82, 2.24) is 19.2 Å². The molecule has 1 aliphatic carbocycles. The van der Waals surface area contributed by atoms with E-state index < -0.39 is 6.61 Å². The number of imidazole rings is 1. The number of rotatable bonds is 6. The minimum absolute atomic E-state index is 0.0486. The largest absolute Gasteiger partial charge is 0.434 e. The van der Waals surface area contributed by atoms with Crippen LogP contribution in [0, 0.1) is 0 Å². The molecular weight excluding hydrogens is 382 g/mol. The monoisotopic (exact) mass is 402 g/mol. The van der Waals surface area contributed by atoms with Crippen molar-refractivity contribution in [3.8, 4) is 5.75 Å². The van der Waals surface area contributed by atoms with Crippen molar-refractivity contribution in [2.24, 2.45) is 7.05 Å². The van der Waals surface area contributed by atoms with Crippen LogP contribution in [0.3, 0.4) is 0 Å². The number of hydrogen-bond donors (Lipinski definition) is 0. The minimum Gasteiger partial charge on any atom is -0.434 e. The highest BCUT2D eigenvalue weighted by Crippen LogP contribution is 2.58. The lowest BCUT2D eigenvalue weighted by molar-refractivity contribution is -0.0504. The Balaban J connectivity index is 1.50. The van der Waals surface area contributed by atoms with Crippen LogP contribution in [0.4, 0.5) is 8.78 Å². The zero-order chi connectivity index (χ0) is 20.4. The van der Waals surface area contributed by atoms with Crippen LogP contribution in [-0.4, -0.2) is 43.8 Å². The van der Waals surface area contributed by atoms with Crippen LogP contribution in [-0.2, 0) is 23.6 Å². The van der Waals surface area contributed by atoms with Crippen molar-refractivity contribution in [1.29, 1.82) is 0 Å². The second kappa shape index (κ2) is 6.09. The van der Waals surface area contributed by atoms with Gasteiger partial charge in [-0.25, -0.2) is 4.98 Å². The number of Topliss-reactive ketones (excluding diaryl/α,β-unsaturated/α-hetero) is 1. The van der Waals surface area contributed by atoms with E-state index in [-0.39, 0.29) is 34.7 Å². The number of ether oxygens (including phenoxy) is 2. The van der Waals surface area contributed by atoms with Gasteiger partial charge < -0.3 is 13.9 Å². The Morgan fingerprint density at radius 2 is 2.17 bits per heavy atom. The fourth-order valence-corrected chi connectivity index (χ4v) is 4.63. The Bertz CT molecular complexity index is 1110. The number of aryl methyl sites for hydroxylation is 1. The summed E-state index contributed by atoms with van der Waals surface area (Å²) < 4.78 is 39.7. The highest BCUT2D eigenvalue weighted by molar-refractivity contribution is 5.96. The molecule has 0 spiro atoms. The minimum atomic E-state index is -3.00. The zero-order valence-electron chi connectivity index (χ0n) is 16.1. The number of halogens is 2. The van der Waals surface area contributed by atoms with Gasteiger partial charge in [-0.05, 0) is 25.8 Å². The van der Waals surface area contributed by atoms with E-state index in [4.69, 9.17) is 9.47 Å². The van der Waals surface area contributed by atoms with Gasteiger partial charge in [0.25, 0.3) is 0 Å². The van der Waals surface area contributed by atoms with Crippen molar-refractivity contribution in [2.45, 2.75) is 43.8 Å². The highest BCUT2D eigenvalue weighted by Gasteiger charge is 2.61. The fourth-order valence-electron chi connectivity index (χ4n) is 4.63. The normalized spacial score (nSPS) is 25.6. The number of alkyl halides is 2. The molecule has 0 amide bonds. The quantitative estimate of drug-likeness (QED) is 0.593. The van der Waals surface area contributed by atoms with E-state index in [2.05, 4.69) is 17.0 Å². The molecule has 0 unspecified atom stereocenters. The van der Waals surface area contributed by atoms with Gasteiger partial charge in [-0.1, -0.05) is 0 Å². The van der Waals surface area contributed by atoms with Gasteiger partial charge in [0, 0.05) is 49.1 Å². The van der Waals surface area contributed by atoms with Gasteiger partial charge in [0.05, 0.1) is 17.9 Å². The summed E-state index contributed by atoms with van der Waals surface area (Å²) in [5, 5.41) is 4.08. The van der Waals surface area contributed by atoms with E-state index in [1.54, 1.807) is 29.9 Å². The molecule has 0 N–H and O–H groups in total. The Morgan fingerprint density at radius 1 is 1.38 bits per heavy atom. The summed E-state index contributed by atoms with van der Waals surface area (Å²) in [6, 6.07) is 3.05. The molecule has 2 saturated heterocycles. The molecule has 3 aromatic rings. The molecule has 3 aromatic heterocycles. The fraction of sp³-hybridized carbons (Fsp3) is 0.450. The van der Waals surface area contributed by atoms with Crippen molar-refractivity contribution in [3.63, 3.8) is 0 Å². The second-order valence-electron chi connectivity index (χ2n) is 8.28. The maximum Gasteiger partial charge on any atom is 0.387 e. The van der Waals surface area contributed by atoms with Gasteiger partial charge in [-0.15, -0.1) is 0 Å². The molecule has 0 radical (unpaired) electrons. The molecule has 152 valence electrons. The molecule has 6 rings (SSSR count). The molecule has 9 heteroatoms. The molecule has 5 heterocycles. The summed E-state index contributed by atoms with van der Waals surface area (Å²) in [6.45, 7) is -0.298. The van der Waals surface area contributed by atoms with E-state index in [1.165, 1.54) is 10.7 Å². The lowest BCUT2D eigenvalue weighted by atomic mass is 9.62. The number of fused-ring (bicyclic) bond motifs is 2. The average Bonchev–Trinajstić information content (AvgIpc) is 3.36. The summed E-state index contributed by atoms with van der Waals surface area (Å²) in [5.41, 5.74) is 1.81. The molecule has 1 saturated carbocycles.